The van der Waals surface area contributed by atoms with Gasteiger partial charge < -0.3 is 24.4 Å². The van der Waals surface area contributed by atoms with Gasteiger partial charge >= 0.3 is 5.97 Å². The second kappa shape index (κ2) is 15.2. The first kappa shape index (κ1) is 30.8. The summed E-state index contributed by atoms with van der Waals surface area (Å²) >= 11 is 0. The van der Waals surface area contributed by atoms with Gasteiger partial charge in [-0.1, -0.05) is 25.5 Å². The summed E-state index contributed by atoms with van der Waals surface area (Å²) < 4.78 is 11.7. The second-order valence-electron chi connectivity index (χ2n) is 12.2. The van der Waals surface area contributed by atoms with Gasteiger partial charge in [-0.15, -0.1) is 0 Å². The van der Waals surface area contributed by atoms with Crippen LogP contribution in [-0.4, -0.2) is 104 Å². The van der Waals surface area contributed by atoms with Crippen LogP contribution in [0.1, 0.15) is 81.8 Å². The number of rotatable bonds is 15. The minimum Gasteiger partial charge on any atom is -0.493 e. The number of hydrogen-bond acceptors (Lipinski definition) is 6. The molecule has 0 aromatic heterocycles. The van der Waals surface area contributed by atoms with Crippen molar-refractivity contribution in [3.05, 3.63) is 29.3 Å². The van der Waals surface area contributed by atoms with E-state index < -0.39 is 11.9 Å². The van der Waals surface area contributed by atoms with Crippen molar-refractivity contribution in [2.45, 2.75) is 89.2 Å². The zero-order valence-electron chi connectivity index (χ0n) is 25.0. The predicted molar refractivity (Wildman–Crippen MR) is 157 cm³/mol. The molecule has 3 heterocycles. The van der Waals surface area contributed by atoms with Crippen LogP contribution in [0.4, 0.5) is 0 Å². The van der Waals surface area contributed by atoms with E-state index in [1.165, 1.54) is 6.42 Å². The summed E-state index contributed by atoms with van der Waals surface area (Å²) in [6, 6.07) is 5.99. The Kier molecular flexibility index (Phi) is 11.7. The highest BCUT2D eigenvalue weighted by Gasteiger charge is 2.47. The molecule has 2 fully saturated rings. The van der Waals surface area contributed by atoms with E-state index in [4.69, 9.17) is 9.47 Å². The lowest BCUT2D eigenvalue weighted by Crippen LogP contribution is -2.45. The third kappa shape index (κ3) is 8.20. The first-order valence-corrected chi connectivity index (χ1v) is 15.6. The Hall–Kier alpha value is -2.16. The summed E-state index contributed by atoms with van der Waals surface area (Å²) in [7, 11) is 4.16. The van der Waals surface area contributed by atoms with Crippen molar-refractivity contribution in [3.8, 4) is 5.75 Å². The predicted octanol–water partition coefficient (Wildman–Crippen LogP) is 4.41. The van der Waals surface area contributed by atoms with Gasteiger partial charge in [0.15, 0.2) is 0 Å². The van der Waals surface area contributed by atoms with Gasteiger partial charge in [0.2, 0.25) is 5.91 Å². The highest BCUT2D eigenvalue weighted by Crippen LogP contribution is 2.41. The van der Waals surface area contributed by atoms with Crippen LogP contribution in [0.25, 0.3) is 0 Å². The number of nitrogens with zero attached hydrogens (tertiary/aromatic N) is 3. The molecule has 224 valence electrons. The largest absolute Gasteiger partial charge is 0.493 e. The van der Waals surface area contributed by atoms with Gasteiger partial charge in [0, 0.05) is 44.6 Å². The van der Waals surface area contributed by atoms with Crippen molar-refractivity contribution >= 4 is 11.9 Å². The van der Waals surface area contributed by atoms with Crippen LogP contribution >= 0.6 is 0 Å². The van der Waals surface area contributed by atoms with Gasteiger partial charge in [0.05, 0.1) is 25.2 Å². The van der Waals surface area contributed by atoms with E-state index in [0.29, 0.717) is 13.2 Å². The number of unbranched alkanes of at least 4 members (excludes halogenated alkanes) is 2. The Morgan fingerprint density at radius 3 is 2.58 bits per heavy atom. The minimum absolute atomic E-state index is 0.129. The second-order valence-corrected chi connectivity index (χ2v) is 12.2. The topological polar surface area (TPSA) is 82.5 Å². The number of carboxylic acids is 1. The molecule has 0 spiro atoms. The highest BCUT2D eigenvalue weighted by molar-refractivity contribution is 5.79. The first-order valence-electron chi connectivity index (χ1n) is 15.6. The van der Waals surface area contributed by atoms with E-state index in [9.17, 15) is 14.7 Å². The zero-order chi connectivity index (χ0) is 28.5. The number of fused-ring (bicyclic) bond motifs is 1. The number of hydrogen-bond donors (Lipinski definition) is 1. The maximum atomic E-state index is 13.7. The molecule has 0 radical (unpaired) electrons. The minimum atomic E-state index is -0.766. The molecule has 8 nitrogen and oxygen atoms in total. The Balaban J connectivity index is 1.51. The molecule has 8 heteroatoms. The van der Waals surface area contributed by atoms with Crippen molar-refractivity contribution < 1.29 is 24.2 Å². The number of carboxylic acid groups (broad SMARTS) is 1. The average Bonchev–Trinajstić information content (AvgIpc) is 3.56. The van der Waals surface area contributed by atoms with Crippen LogP contribution < -0.4 is 4.74 Å². The molecule has 4 unspecified atom stereocenters. The van der Waals surface area contributed by atoms with E-state index in [0.717, 1.165) is 101 Å². The van der Waals surface area contributed by atoms with Gasteiger partial charge in [-0.05, 0) is 89.2 Å². The molecule has 1 aromatic rings. The quantitative estimate of drug-likeness (QED) is 0.320. The third-order valence-electron chi connectivity index (χ3n) is 8.99. The normalized spacial score (nSPS) is 24.7. The van der Waals surface area contributed by atoms with Gasteiger partial charge in [0.1, 0.15) is 5.75 Å². The smallest absolute Gasteiger partial charge is 0.308 e. The fourth-order valence-electron chi connectivity index (χ4n) is 6.73. The summed E-state index contributed by atoms with van der Waals surface area (Å²) in [6.45, 7) is 7.03. The maximum absolute atomic E-state index is 13.7. The molecule has 0 saturated carbocycles. The lowest BCUT2D eigenvalue weighted by atomic mass is 9.82. The Morgan fingerprint density at radius 2 is 1.85 bits per heavy atom. The van der Waals surface area contributed by atoms with Gasteiger partial charge in [-0.25, -0.2) is 0 Å². The van der Waals surface area contributed by atoms with E-state index in [-0.39, 0.29) is 30.5 Å². The molecule has 2 saturated heterocycles. The van der Waals surface area contributed by atoms with Crippen LogP contribution in [0.3, 0.4) is 0 Å². The van der Waals surface area contributed by atoms with E-state index >= 15 is 0 Å². The standard InChI is InChI=1S/C32H51N3O5/c1-4-5-17-34(18-8-7-16-33(2)3)30(36)23-35-22-27(24-11-14-29-25(21-24)15-20-40-29)31(32(37)38)28(35)13-12-26-10-6-9-19-39-26/h11,14,21,26-28,31H,4-10,12-13,15-20,22-23H2,1-3H3,(H,37,38). The lowest BCUT2D eigenvalue weighted by Gasteiger charge is -2.31. The molecule has 40 heavy (non-hydrogen) atoms. The highest BCUT2D eigenvalue weighted by atomic mass is 16.5. The van der Waals surface area contributed by atoms with Crippen molar-refractivity contribution in [2.75, 3.05) is 60.0 Å². The van der Waals surface area contributed by atoms with Crippen LogP contribution in [0.15, 0.2) is 18.2 Å². The molecule has 3 aliphatic rings. The molecule has 0 bridgehead atoms. The van der Waals surface area contributed by atoms with Crippen LogP contribution in [-0.2, 0) is 20.7 Å². The number of carbonyl (C=O) groups excluding carboxylic acids is 1. The summed E-state index contributed by atoms with van der Waals surface area (Å²) in [5.41, 5.74) is 2.21. The zero-order valence-corrected chi connectivity index (χ0v) is 25.0. The number of aliphatic carboxylic acids is 1. The van der Waals surface area contributed by atoms with E-state index in [1.807, 2.05) is 17.0 Å². The fraction of sp³-hybridized carbons (Fsp3) is 0.750. The molecule has 1 aromatic carbocycles. The SMILES string of the molecule is CCCCN(CCCCN(C)C)C(=O)CN1CC(c2ccc3c(c2)CCO3)C(C(=O)O)C1CCC1CCCCO1. The fourth-order valence-corrected chi connectivity index (χ4v) is 6.73. The molecule has 4 atom stereocenters. The molecular formula is C32H51N3O5. The van der Waals surface area contributed by atoms with Crippen molar-refractivity contribution in [3.63, 3.8) is 0 Å². The van der Waals surface area contributed by atoms with Gasteiger partial charge in [-0.3, -0.25) is 14.5 Å². The van der Waals surface area contributed by atoms with Crippen molar-refractivity contribution in [1.29, 1.82) is 0 Å². The summed E-state index contributed by atoms with van der Waals surface area (Å²) in [5, 5.41) is 10.5. The molecule has 3 aliphatic heterocycles. The monoisotopic (exact) mass is 557 g/mol. The first-order chi connectivity index (χ1) is 19.4. The number of ether oxygens (including phenoxy) is 2. The molecule has 0 aliphatic carbocycles. The van der Waals surface area contributed by atoms with Gasteiger partial charge in [0.25, 0.3) is 0 Å². The number of amides is 1. The Labute approximate surface area is 241 Å². The Morgan fingerprint density at radius 1 is 1.05 bits per heavy atom. The average molecular weight is 558 g/mol. The number of likely N-dealkylation sites (tertiary alicyclic amines) is 1. The van der Waals surface area contributed by atoms with Crippen molar-refractivity contribution in [2.24, 2.45) is 5.92 Å². The molecule has 4 rings (SSSR count). The van der Waals surface area contributed by atoms with Crippen molar-refractivity contribution in [1.82, 2.24) is 14.7 Å². The number of benzene rings is 1. The van der Waals surface area contributed by atoms with Crippen LogP contribution in [0, 0.1) is 5.92 Å². The molecule has 1 amide bonds. The van der Waals surface area contributed by atoms with E-state index in [2.05, 4.69) is 36.9 Å². The molecule has 1 N–H and O–H groups in total. The van der Waals surface area contributed by atoms with Gasteiger partial charge in [-0.2, -0.15) is 0 Å². The van der Waals surface area contributed by atoms with Crippen LogP contribution in [0.5, 0.6) is 5.75 Å². The molecular weight excluding hydrogens is 506 g/mol. The summed E-state index contributed by atoms with van der Waals surface area (Å²) in [5.74, 6) is -0.437. The van der Waals surface area contributed by atoms with E-state index in [1.54, 1.807) is 0 Å². The maximum Gasteiger partial charge on any atom is 0.308 e. The number of carbonyl (C=O) groups is 2. The summed E-state index contributed by atoms with van der Waals surface area (Å²) in [6.07, 6.45) is 9.99. The summed E-state index contributed by atoms with van der Waals surface area (Å²) in [4.78, 5) is 33.0. The third-order valence-corrected chi connectivity index (χ3v) is 8.99. The Bertz CT molecular complexity index is 964. The lowest BCUT2D eigenvalue weighted by molar-refractivity contribution is -0.144. The van der Waals surface area contributed by atoms with Crippen LogP contribution in [0.2, 0.25) is 0 Å².